The van der Waals surface area contributed by atoms with Crippen LogP contribution in [0.5, 0.6) is 0 Å². The van der Waals surface area contributed by atoms with Crippen LogP contribution in [0.3, 0.4) is 0 Å². The van der Waals surface area contributed by atoms with Crippen molar-refractivity contribution in [1.29, 1.82) is 0 Å². The maximum absolute atomic E-state index is 6.38. The molecule has 17 heavy (non-hydrogen) atoms. The van der Waals surface area contributed by atoms with Crippen molar-refractivity contribution in [1.82, 2.24) is 5.32 Å². The Balaban J connectivity index is 0.00000108. The molecular weight excluding hydrogens is 321 g/mol. The first-order chi connectivity index (χ1) is 7.62. The summed E-state index contributed by atoms with van der Waals surface area (Å²) in [5.74, 6) is 0.641. The van der Waals surface area contributed by atoms with E-state index in [0.29, 0.717) is 11.3 Å². The lowest BCUT2D eigenvalue weighted by Gasteiger charge is -2.37. The van der Waals surface area contributed by atoms with Gasteiger partial charge >= 0.3 is 0 Å². The Kier molecular flexibility index (Phi) is 3.80. The summed E-state index contributed by atoms with van der Waals surface area (Å²) in [6.07, 6.45) is 2.36. The van der Waals surface area contributed by atoms with E-state index in [4.69, 9.17) is 11.6 Å². The molecule has 0 spiro atoms. The highest BCUT2D eigenvalue weighted by atomic mass is 79.9. The average Bonchev–Trinajstić information content (AvgIpc) is 2.65. The molecule has 0 unspecified atom stereocenters. The Hall–Kier alpha value is 0.240. The van der Waals surface area contributed by atoms with Crippen LogP contribution in [0.4, 0.5) is 0 Å². The molecule has 94 valence electrons. The van der Waals surface area contributed by atoms with E-state index in [1.807, 2.05) is 0 Å². The van der Waals surface area contributed by atoms with Gasteiger partial charge in [-0.3, -0.25) is 0 Å². The third-order valence-corrected chi connectivity index (χ3v) is 5.59. The maximum atomic E-state index is 6.38. The summed E-state index contributed by atoms with van der Waals surface area (Å²) in [7, 11) is 0. The molecule has 3 rings (SSSR count). The van der Waals surface area contributed by atoms with Gasteiger partial charge in [-0.05, 0) is 51.4 Å². The molecular formula is C13H16BrCl2N. The van der Waals surface area contributed by atoms with Crippen LogP contribution in [0.25, 0.3) is 0 Å². The van der Waals surface area contributed by atoms with Gasteiger partial charge < -0.3 is 5.32 Å². The van der Waals surface area contributed by atoms with Crippen LogP contribution in [0.2, 0.25) is 5.02 Å². The summed E-state index contributed by atoms with van der Waals surface area (Å²) in [6, 6.07) is 4.34. The standard InChI is InChI=1S/C13H15BrClN.ClH/c1-13-5-4-9-8(10(13)6-16-7-13)2-3-11(14)12(9)15;/h2-3,10,16H,4-7H2,1H3;1H/t10-,13-;/m1./s1. The van der Waals surface area contributed by atoms with Crippen LogP contribution >= 0.6 is 39.9 Å². The van der Waals surface area contributed by atoms with E-state index < -0.39 is 0 Å². The zero-order valence-corrected chi connectivity index (χ0v) is 12.9. The summed E-state index contributed by atoms with van der Waals surface area (Å²) in [6.45, 7) is 4.64. The second-order valence-electron chi connectivity index (χ2n) is 5.27. The first kappa shape index (κ1) is 13.7. The van der Waals surface area contributed by atoms with E-state index in [1.54, 1.807) is 0 Å². The third-order valence-electron chi connectivity index (χ3n) is 4.27. The molecule has 0 radical (unpaired) electrons. The summed E-state index contributed by atoms with van der Waals surface area (Å²) < 4.78 is 1.03. The molecule has 0 amide bonds. The lowest BCUT2D eigenvalue weighted by atomic mass is 9.67. The molecule has 0 aromatic heterocycles. The molecule has 1 aromatic rings. The van der Waals surface area contributed by atoms with Gasteiger partial charge in [0.05, 0.1) is 5.02 Å². The number of hydrogen-bond acceptors (Lipinski definition) is 1. The summed E-state index contributed by atoms with van der Waals surface area (Å²) >= 11 is 9.89. The SMILES string of the molecule is C[C@]12CCc3c(ccc(Br)c3Cl)[C@H]1CNC2.Cl. The fourth-order valence-electron chi connectivity index (χ4n) is 3.22. The molecule has 0 bridgehead atoms. The maximum Gasteiger partial charge on any atom is 0.0582 e. The fraction of sp³-hybridized carbons (Fsp3) is 0.538. The van der Waals surface area contributed by atoms with Crippen molar-refractivity contribution in [3.05, 3.63) is 32.8 Å². The molecule has 1 nitrogen and oxygen atoms in total. The summed E-state index contributed by atoms with van der Waals surface area (Å²) in [5.41, 5.74) is 3.26. The van der Waals surface area contributed by atoms with Gasteiger partial charge in [0.1, 0.15) is 0 Å². The molecule has 1 heterocycles. The zero-order valence-electron chi connectivity index (χ0n) is 9.72. The van der Waals surface area contributed by atoms with Gasteiger partial charge in [0.2, 0.25) is 0 Å². The molecule has 1 fully saturated rings. The quantitative estimate of drug-likeness (QED) is 0.750. The Morgan fingerprint density at radius 3 is 3.00 bits per heavy atom. The van der Waals surface area contributed by atoms with Crippen LogP contribution in [-0.2, 0) is 6.42 Å². The topological polar surface area (TPSA) is 12.0 Å². The number of benzene rings is 1. The highest BCUT2D eigenvalue weighted by Gasteiger charge is 2.43. The zero-order chi connectivity index (χ0) is 11.3. The fourth-order valence-corrected chi connectivity index (χ4v) is 3.86. The molecule has 4 heteroatoms. The minimum Gasteiger partial charge on any atom is -0.316 e. The molecule has 1 aliphatic heterocycles. The lowest BCUT2D eigenvalue weighted by molar-refractivity contribution is 0.277. The van der Waals surface area contributed by atoms with Crippen molar-refractivity contribution in [3.8, 4) is 0 Å². The summed E-state index contributed by atoms with van der Waals surface area (Å²) in [5, 5.41) is 4.45. The molecule has 1 N–H and O–H groups in total. The monoisotopic (exact) mass is 335 g/mol. The first-order valence-corrected chi connectivity index (χ1v) is 6.96. The highest BCUT2D eigenvalue weighted by molar-refractivity contribution is 9.10. The first-order valence-electron chi connectivity index (χ1n) is 5.79. The van der Waals surface area contributed by atoms with Crippen molar-refractivity contribution in [2.75, 3.05) is 13.1 Å². The molecule has 1 saturated heterocycles. The Labute approximate surface area is 122 Å². The number of rotatable bonds is 0. The summed E-state index contributed by atoms with van der Waals surface area (Å²) in [4.78, 5) is 0. The molecule has 1 aromatic carbocycles. The van der Waals surface area contributed by atoms with Crippen molar-refractivity contribution in [2.24, 2.45) is 5.41 Å². The van der Waals surface area contributed by atoms with Gasteiger partial charge in [0.25, 0.3) is 0 Å². The van der Waals surface area contributed by atoms with Gasteiger partial charge in [0.15, 0.2) is 0 Å². The number of hydrogen-bond donors (Lipinski definition) is 1. The van der Waals surface area contributed by atoms with Crippen LogP contribution in [0, 0.1) is 5.41 Å². The minimum atomic E-state index is 0. The van der Waals surface area contributed by atoms with Gasteiger partial charge in [-0.2, -0.15) is 0 Å². The normalized spacial score (nSPS) is 30.4. The van der Waals surface area contributed by atoms with E-state index in [9.17, 15) is 0 Å². The van der Waals surface area contributed by atoms with Crippen LogP contribution < -0.4 is 5.32 Å². The number of nitrogens with one attached hydrogen (secondary N) is 1. The van der Waals surface area contributed by atoms with E-state index in [2.05, 4.69) is 40.3 Å². The molecule has 0 saturated carbocycles. The van der Waals surface area contributed by atoms with E-state index >= 15 is 0 Å². The van der Waals surface area contributed by atoms with Gasteiger partial charge in [-0.25, -0.2) is 0 Å². The average molecular weight is 337 g/mol. The highest BCUT2D eigenvalue weighted by Crippen LogP contribution is 2.49. The van der Waals surface area contributed by atoms with Gasteiger partial charge in [-0.1, -0.05) is 24.6 Å². The van der Waals surface area contributed by atoms with Crippen molar-refractivity contribution in [3.63, 3.8) is 0 Å². The number of halogens is 3. The smallest absolute Gasteiger partial charge is 0.0582 e. The van der Waals surface area contributed by atoms with Crippen LogP contribution in [-0.4, -0.2) is 13.1 Å². The molecule has 2 atom stereocenters. The van der Waals surface area contributed by atoms with Gasteiger partial charge in [0, 0.05) is 23.5 Å². The van der Waals surface area contributed by atoms with Crippen molar-refractivity contribution in [2.45, 2.75) is 25.7 Å². The Bertz CT molecular complexity index is 449. The van der Waals surface area contributed by atoms with Crippen LogP contribution in [0.15, 0.2) is 16.6 Å². The van der Waals surface area contributed by atoms with Crippen molar-refractivity contribution >= 4 is 39.9 Å². The Morgan fingerprint density at radius 2 is 2.24 bits per heavy atom. The van der Waals surface area contributed by atoms with Crippen molar-refractivity contribution < 1.29 is 0 Å². The molecule has 2 aliphatic rings. The Morgan fingerprint density at radius 1 is 1.47 bits per heavy atom. The van der Waals surface area contributed by atoms with Gasteiger partial charge in [-0.15, -0.1) is 12.4 Å². The molecule has 1 aliphatic carbocycles. The second-order valence-corrected chi connectivity index (χ2v) is 6.50. The minimum absolute atomic E-state index is 0. The third kappa shape index (κ3) is 2.03. The lowest BCUT2D eigenvalue weighted by Crippen LogP contribution is -2.30. The second kappa shape index (κ2) is 4.73. The van der Waals surface area contributed by atoms with E-state index in [0.717, 1.165) is 29.0 Å². The van der Waals surface area contributed by atoms with E-state index in [-0.39, 0.29) is 12.4 Å². The largest absolute Gasteiger partial charge is 0.316 e. The predicted molar refractivity (Wildman–Crippen MR) is 78.4 cm³/mol. The van der Waals surface area contributed by atoms with Crippen LogP contribution in [0.1, 0.15) is 30.4 Å². The predicted octanol–water partition coefficient (Wildman–Crippen LogP) is 4.16. The van der Waals surface area contributed by atoms with E-state index in [1.165, 1.54) is 17.5 Å². The number of fused-ring (bicyclic) bond motifs is 3.